The van der Waals surface area contributed by atoms with Gasteiger partial charge in [-0.15, -0.1) is 0 Å². The van der Waals surface area contributed by atoms with Crippen LogP contribution in [0.2, 0.25) is 0 Å². The summed E-state index contributed by atoms with van der Waals surface area (Å²) in [6.45, 7) is 5.50. The molecule has 3 unspecified atom stereocenters. The molecule has 0 aromatic carbocycles. The van der Waals surface area contributed by atoms with Crippen LogP contribution < -0.4 is 0 Å². The quantitative estimate of drug-likeness (QED) is 0.708. The molecular weight excluding hydrogens is 230 g/mol. The van der Waals surface area contributed by atoms with Gasteiger partial charge in [0.15, 0.2) is 5.60 Å². The standard InChI is InChI=1S/C14H21NO3/c1-2-14(10-11-6-7-12(14)17-11)18-13(16)15-8-4-3-5-9-15/h2,11-12H,1,3-10H2. The minimum Gasteiger partial charge on any atom is -0.436 e. The van der Waals surface area contributed by atoms with E-state index < -0.39 is 5.60 Å². The van der Waals surface area contributed by atoms with Gasteiger partial charge in [-0.25, -0.2) is 4.79 Å². The summed E-state index contributed by atoms with van der Waals surface area (Å²) in [5.41, 5.74) is -0.572. The third-order valence-corrected chi connectivity index (χ3v) is 4.44. The van der Waals surface area contributed by atoms with Crippen LogP contribution in [0.25, 0.3) is 0 Å². The molecule has 3 aliphatic heterocycles. The molecule has 1 amide bonds. The largest absolute Gasteiger partial charge is 0.436 e. The normalized spacial score (nSPS) is 38.8. The van der Waals surface area contributed by atoms with Gasteiger partial charge < -0.3 is 14.4 Å². The molecule has 3 heterocycles. The molecule has 0 saturated carbocycles. The highest BCUT2D eigenvalue weighted by Crippen LogP contribution is 2.45. The van der Waals surface area contributed by atoms with Gasteiger partial charge in [0.05, 0.1) is 6.10 Å². The molecule has 3 atom stereocenters. The minimum atomic E-state index is -0.572. The summed E-state index contributed by atoms with van der Waals surface area (Å²) in [5, 5.41) is 0. The van der Waals surface area contributed by atoms with Gasteiger partial charge in [0, 0.05) is 19.5 Å². The molecular formula is C14H21NO3. The maximum Gasteiger partial charge on any atom is 0.410 e. The molecule has 2 bridgehead atoms. The lowest BCUT2D eigenvalue weighted by Crippen LogP contribution is -2.47. The van der Waals surface area contributed by atoms with Crippen LogP contribution in [-0.2, 0) is 9.47 Å². The first-order valence-corrected chi connectivity index (χ1v) is 7.00. The zero-order valence-corrected chi connectivity index (χ0v) is 10.8. The first-order chi connectivity index (χ1) is 8.73. The Bertz CT molecular complexity index is 351. The second-order valence-corrected chi connectivity index (χ2v) is 5.60. The topological polar surface area (TPSA) is 38.8 Å². The van der Waals surface area contributed by atoms with E-state index in [9.17, 15) is 4.79 Å². The van der Waals surface area contributed by atoms with Gasteiger partial charge in [-0.05, 0) is 38.2 Å². The molecule has 4 nitrogen and oxygen atoms in total. The van der Waals surface area contributed by atoms with Crippen molar-refractivity contribution in [2.24, 2.45) is 0 Å². The van der Waals surface area contributed by atoms with Crippen LogP contribution in [-0.4, -0.2) is 41.9 Å². The number of hydrogen-bond donors (Lipinski definition) is 0. The SMILES string of the molecule is C=CC1(OC(=O)N2CCCCC2)CC2CCC1O2. The number of ether oxygens (including phenoxy) is 2. The van der Waals surface area contributed by atoms with Crippen molar-refractivity contribution in [1.82, 2.24) is 4.90 Å². The molecule has 18 heavy (non-hydrogen) atoms. The summed E-state index contributed by atoms with van der Waals surface area (Å²) in [7, 11) is 0. The van der Waals surface area contributed by atoms with Crippen molar-refractivity contribution in [2.75, 3.05) is 13.1 Å². The minimum absolute atomic E-state index is 0.0220. The van der Waals surface area contributed by atoms with Gasteiger partial charge in [0.2, 0.25) is 0 Å². The highest BCUT2D eigenvalue weighted by Gasteiger charge is 2.54. The number of piperidine rings is 1. The summed E-state index contributed by atoms with van der Waals surface area (Å²) in [4.78, 5) is 14.0. The van der Waals surface area contributed by atoms with Crippen molar-refractivity contribution in [3.63, 3.8) is 0 Å². The lowest BCUT2D eigenvalue weighted by atomic mass is 9.85. The summed E-state index contributed by atoms with van der Waals surface area (Å²) in [6, 6.07) is 0. The highest BCUT2D eigenvalue weighted by atomic mass is 16.6. The predicted octanol–water partition coefficient (Wildman–Crippen LogP) is 2.49. The Balaban J connectivity index is 1.66. The third kappa shape index (κ3) is 1.92. The maximum atomic E-state index is 12.2. The molecule has 3 fully saturated rings. The number of fused-ring (bicyclic) bond motifs is 2. The number of carbonyl (C=O) groups excluding carboxylic acids is 1. The molecule has 0 radical (unpaired) electrons. The first-order valence-electron chi connectivity index (χ1n) is 7.00. The van der Waals surface area contributed by atoms with E-state index in [1.165, 1.54) is 6.42 Å². The average molecular weight is 251 g/mol. The van der Waals surface area contributed by atoms with E-state index in [0.717, 1.165) is 45.2 Å². The molecule has 0 spiro atoms. The number of hydrogen-bond acceptors (Lipinski definition) is 3. The average Bonchev–Trinajstić information content (AvgIpc) is 3.00. The summed E-state index contributed by atoms with van der Waals surface area (Å²) < 4.78 is 11.6. The van der Waals surface area contributed by atoms with E-state index in [1.807, 2.05) is 4.90 Å². The molecule has 3 aliphatic rings. The second-order valence-electron chi connectivity index (χ2n) is 5.60. The van der Waals surface area contributed by atoms with Crippen LogP contribution in [0.15, 0.2) is 12.7 Å². The van der Waals surface area contributed by atoms with Gasteiger partial charge >= 0.3 is 6.09 Å². The lowest BCUT2D eigenvalue weighted by molar-refractivity contribution is -0.0259. The number of rotatable bonds is 2. The monoisotopic (exact) mass is 251 g/mol. The summed E-state index contributed by atoms with van der Waals surface area (Å²) in [5.74, 6) is 0. The van der Waals surface area contributed by atoms with Gasteiger partial charge in [-0.3, -0.25) is 0 Å². The fraction of sp³-hybridized carbons (Fsp3) is 0.786. The van der Waals surface area contributed by atoms with E-state index in [4.69, 9.17) is 9.47 Å². The van der Waals surface area contributed by atoms with Crippen molar-refractivity contribution in [1.29, 1.82) is 0 Å². The van der Waals surface area contributed by atoms with Gasteiger partial charge in [-0.2, -0.15) is 0 Å². The van der Waals surface area contributed by atoms with Crippen LogP contribution in [0.4, 0.5) is 4.79 Å². The van der Waals surface area contributed by atoms with E-state index in [1.54, 1.807) is 6.08 Å². The van der Waals surface area contributed by atoms with Crippen LogP contribution >= 0.6 is 0 Å². The molecule has 3 rings (SSSR count). The van der Waals surface area contributed by atoms with Crippen LogP contribution in [0, 0.1) is 0 Å². The van der Waals surface area contributed by atoms with Crippen molar-refractivity contribution >= 4 is 6.09 Å². The zero-order chi connectivity index (χ0) is 12.6. The molecule has 0 aromatic rings. The molecule has 4 heteroatoms. The second kappa shape index (κ2) is 4.57. The van der Waals surface area contributed by atoms with E-state index in [2.05, 4.69) is 6.58 Å². The summed E-state index contributed by atoms with van der Waals surface area (Å²) in [6.07, 6.45) is 8.08. The van der Waals surface area contributed by atoms with Crippen molar-refractivity contribution < 1.29 is 14.3 Å². The number of likely N-dealkylation sites (tertiary alicyclic amines) is 1. The molecule has 0 aromatic heterocycles. The van der Waals surface area contributed by atoms with Crippen molar-refractivity contribution in [3.8, 4) is 0 Å². The molecule has 3 saturated heterocycles. The predicted molar refractivity (Wildman–Crippen MR) is 67.3 cm³/mol. The highest BCUT2D eigenvalue weighted by molar-refractivity contribution is 5.68. The summed E-state index contributed by atoms with van der Waals surface area (Å²) >= 11 is 0. The fourth-order valence-electron chi connectivity index (χ4n) is 3.37. The molecule has 0 aliphatic carbocycles. The Labute approximate surface area is 108 Å². The zero-order valence-electron chi connectivity index (χ0n) is 10.8. The maximum absolute atomic E-state index is 12.2. The van der Waals surface area contributed by atoms with Crippen LogP contribution in [0.1, 0.15) is 38.5 Å². The smallest absolute Gasteiger partial charge is 0.410 e. The number of amides is 1. The number of carbonyl (C=O) groups is 1. The van der Waals surface area contributed by atoms with Crippen molar-refractivity contribution in [3.05, 3.63) is 12.7 Å². The number of nitrogens with zero attached hydrogens (tertiary/aromatic N) is 1. The Morgan fingerprint density at radius 2 is 2.11 bits per heavy atom. The first kappa shape index (κ1) is 12.0. The fourth-order valence-corrected chi connectivity index (χ4v) is 3.37. The van der Waals surface area contributed by atoms with E-state index >= 15 is 0 Å². The van der Waals surface area contributed by atoms with Gasteiger partial charge in [0.25, 0.3) is 0 Å². The Kier molecular flexibility index (Phi) is 3.06. The molecule has 0 N–H and O–H groups in total. The van der Waals surface area contributed by atoms with Crippen LogP contribution in [0.5, 0.6) is 0 Å². The van der Waals surface area contributed by atoms with E-state index in [0.29, 0.717) is 0 Å². The Morgan fingerprint density at radius 3 is 2.67 bits per heavy atom. The van der Waals surface area contributed by atoms with E-state index in [-0.39, 0.29) is 18.3 Å². The third-order valence-electron chi connectivity index (χ3n) is 4.44. The van der Waals surface area contributed by atoms with Gasteiger partial charge in [-0.1, -0.05) is 6.58 Å². The van der Waals surface area contributed by atoms with Gasteiger partial charge in [0.1, 0.15) is 6.10 Å². The Hall–Kier alpha value is -1.03. The Morgan fingerprint density at radius 1 is 1.33 bits per heavy atom. The van der Waals surface area contributed by atoms with Crippen molar-refractivity contribution in [2.45, 2.75) is 56.3 Å². The van der Waals surface area contributed by atoms with Crippen LogP contribution in [0.3, 0.4) is 0 Å². The molecule has 100 valence electrons. The lowest BCUT2D eigenvalue weighted by Gasteiger charge is -2.35.